The second-order valence-corrected chi connectivity index (χ2v) is 12.5. The zero-order valence-corrected chi connectivity index (χ0v) is 22.2. The van der Waals surface area contributed by atoms with Crippen LogP contribution in [-0.2, 0) is 29.5 Å². The van der Waals surface area contributed by atoms with E-state index in [0.717, 1.165) is 57.4 Å². The highest BCUT2D eigenvalue weighted by atomic mass is 32.2. The molecule has 7 nitrogen and oxygen atoms in total. The summed E-state index contributed by atoms with van der Waals surface area (Å²) < 4.78 is 28.0. The molecule has 190 valence electrons. The predicted octanol–water partition coefficient (Wildman–Crippen LogP) is 4.91. The minimum absolute atomic E-state index is 0.0475. The number of rotatable bonds is 7. The number of carbonyl (C=O) groups is 1. The highest BCUT2D eigenvalue weighted by Crippen LogP contribution is 2.30. The van der Waals surface area contributed by atoms with Gasteiger partial charge in [0, 0.05) is 49.1 Å². The van der Waals surface area contributed by atoms with Gasteiger partial charge in [0.15, 0.2) is 5.13 Å². The molecule has 2 aliphatic heterocycles. The lowest BCUT2D eigenvalue weighted by molar-refractivity contribution is 0.102. The molecular formula is C27H32N4O3S2. The van der Waals surface area contributed by atoms with E-state index in [4.69, 9.17) is 0 Å². The summed E-state index contributed by atoms with van der Waals surface area (Å²) in [6.45, 7) is 5.24. The fraction of sp³-hybridized carbons (Fsp3) is 0.407. The number of amides is 1. The van der Waals surface area contributed by atoms with Crippen molar-refractivity contribution in [2.45, 2.75) is 63.1 Å². The van der Waals surface area contributed by atoms with Crippen molar-refractivity contribution >= 4 is 32.4 Å². The first-order valence-corrected chi connectivity index (χ1v) is 14.9. The van der Waals surface area contributed by atoms with Crippen LogP contribution in [0.3, 0.4) is 0 Å². The van der Waals surface area contributed by atoms with Gasteiger partial charge in [-0.1, -0.05) is 43.7 Å². The Labute approximate surface area is 217 Å². The first-order valence-electron chi connectivity index (χ1n) is 12.6. The Balaban J connectivity index is 1.23. The van der Waals surface area contributed by atoms with Crippen LogP contribution in [0, 0.1) is 0 Å². The van der Waals surface area contributed by atoms with E-state index in [1.807, 2.05) is 13.0 Å². The molecular weight excluding hydrogens is 492 g/mol. The normalized spacial score (nSPS) is 19.1. The molecule has 1 atom stereocenters. The van der Waals surface area contributed by atoms with E-state index in [-0.39, 0.29) is 16.8 Å². The Hall–Kier alpha value is -2.59. The van der Waals surface area contributed by atoms with Gasteiger partial charge in [-0.15, -0.1) is 11.3 Å². The number of sulfonamides is 1. The Bertz CT molecular complexity index is 1310. The average Bonchev–Trinajstić information content (AvgIpc) is 3.30. The van der Waals surface area contributed by atoms with Gasteiger partial charge >= 0.3 is 0 Å². The molecule has 1 amide bonds. The first kappa shape index (κ1) is 25.1. The van der Waals surface area contributed by atoms with Crippen LogP contribution < -0.4 is 5.32 Å². The molecule has 1 saturated heterocycles. The highest BCUT2D eigenvalue weighted by molar-refractivity contribution is 7.89. The molecule has 0 spiro atoms. The van der Waals surface area contributed by atoms with Gasteiger partial charge < -0.3 is 0 Å². The van der Waals surface area contributed by atoms with Gasteiger partial charge in [-0.05, 0) is 49.1 Å². The Morgan fingerprint density at radius 1 is 1.08 bits per heavy atom. The topological polar surface area (TPSA) is 82.6 Å². The van der Waals surface area contributed by atoms with Gasteiger partial charge in [-0.25, -0.2) is 13.4 Å². The van der Waals surface area contributed by atoms with Gasteiger partial charge in [0.05, 0.1) is 10.6 Å². The van der Waals surface area contributed by atoms with Crippen LogP contribution in [0.1, 0.15) is 59.1 Å². The molecule has 0 bridgehead atoms. The van der Waals surface area contributed by atoms with Crippen molar-refractivity contribution in [3.8, 4) is 0 Å². The summed E-state index contributed by atoms with van der Waals surface area (Å²) >= 11 is 1.51. The Morgan fingerprint density at radius 3 is 2.61 bits per heavy atom. The molecule has 1 aromatic heterocycles. The zero-order valence-electron chi connectivity index (χ0n) is 20.5. The second-order valence-electron chi connectivity index (χ2n) is 9.49. The lowest BCUT2D eigenvalue weighted by Crippen LogP contribution is -2.43. The maximum Gasteiger partial charge on any atom is 0.257 e. The number of fused-ring (bicyclic) bond motifs is 1. The van der Waals surface area contributed by atoms with Crippen LogP contribution in [0.2, 0.25) is 0 Å². The molecule has 5 rings (SSSR count). The number of thiazole rings is 1. The lowest BCUT2D eigenvalue weighted by Gasteiger charge is -2.34. The fourth-order valence-electron chi connectivity index (χ4n) is 5.06. The minimum Gasteiger partial charge on any atom is -0.298 e. The quantitative estimate of drug-likeness (QED) is 0.475. The molecule has 9 heteroatoms. The first-order chi connectivity index (χ1) is 17.4. The number of piperidine rings is 1. The third-order valence-electron chi connectivity index (χ3n) is 7.05. The van der Waals surface area contributed by atoms with Crippen LogP contribution in [-0.4, -0.2) is 47.6 Å². The van der Waals surface area contributed by atoms with Crippen molar-refractivity contribution < 1.29 is 13.2 Å². The van der Waals surface area contributed by atoms with Crippen LogP contribution in [0.25, 0.3) is 0 Å². The number of nitrogens with one attached hydrogen (secondary N) is 1. The van der Waals surface area contributed by atoms with Crippen molar-refractivity contribution in [1.29, 1.82) is 0 Å². The van der Waals surface area contributed by atoms with Crippen LogP contribution in [0.4, 0.5) is 5.13 Å². The summed E-state index contributed by atoms with van der Waals surface area (Å²) in [6, 6.07) is 16.7. The molecule has 0 radical (unpaired) electrons. The molecule has 2 aliphatic rings. The maximum atomic E-state index is 13.2. The Kier molecular flexibility index (Phi) is 7.52. The van der Waals surface area contributed by atoms with Crippen LogP contribution >= 0.6 is 11.3 Å². The van der Waals surface area contributed by atoms with Gasteiger partial charge in [0.1, 0.15) is 0 Å². The molecule has 3 heterocycles. The molecule has 0 aliphatic carbocycles. The number of hydrogen-bond acceptors (Lipinski definition) is 6. The summed E-state index contributed by atoms with van der Waals surface area (Å²) in [6.07, 6.45) is 4.52. The monoisotopic (exact) mass is 524 g/mol. The summed E-state index contributed by atoms with van der Waals surface area (Å²) in [5, 5.41) is 3.49. The summed E-state index contributed by atoms with van der Waals surface area (Å²) in [5.41, 5.74) is 2.75. The van der Waals surface area contributed by atoms with Gasteiger partial charge in [0.2, 0.25) is 10.0 Å². The van der Waals surface area contributed by atoms with Crippen molar-refractivity contribution in [3.05, 3.63) is 76.3 Å². The third-order valence-corrected chi connectivity index (χ3v) is 10.0. The SMILES string of the molecule is CC[C@H]1CCCCN1S(=O)(=O)c1ccc(C(=O)Nc2nc3c(s2)CN(Cc2ccccc2)CC3)cc1. The number of hydrogen-bond donors (Lipinski definition) is 1. The van der Waals surface area contributed by atoms with Crippen LogP contribution in [0.5, 0.6) is 0 Å². The van der Waals surface area contributed by atoms with Crippen molar-refractivity contribution in [1.82, 2.24) is 14.2 Å². The second kappa shape index (κ2) is 10.8. The van der Waals surface area contributed by atoms with Gasteiger partial charge in [0.25, 0.3) is 5.91 Å². The number of carbonyl (C=O) groups excluding carboxylic acids is 1. The standard InChI is InChI=1S/C27H32N4O3S2/c1-2-22-10-6-7-16-31(22)36(33,34)23-13-11-21(12-14-23)26(32)29-27-28-24-15-17-30(19-25(24)35-27)18-20-8-4-3-5-9-20/h3-5,8-9,11-14,22H,2,6-7,10,15-19H2,1H3,(H,28,29,32)/t22-/m0/s1. The lowest BCUT2D eigenvalue weighted by atomic mass is 10.0. The molecule has 1 fully saturated rings. The van der Waals surface area contributed by atoms with Gasteiger partial charge in [-0.2, -0.15) is 4.31 Å². The zero-order chi connectivity index (χ0) is 25.1. The predicted molar refractivity (Wildman–Crippen MR) is 143 cm³/mol. The Morgan fingerprint density at radius 2 is 1.86 bits per heavy atom. The third kappa shape index (κ3) is 5.39. The summed E-state index contributed by atoms with van der Waals surface area (Å²) in [7, 11) is -3.57. The number of aromatic nitrogens is 1. The van der Waals surface area contributed by atoms with E-state index in [1.165, 1.54) is 21.8 Å². The number of anilines is 1. The minimum atomic E-state index is -3.57. The summed E-state index contributed by atoms with van der Waals surface area (Å²) in [5.74, 6) is -0.282. The van der Waals surface area contributed by atoms with E-state index in [2.05, 4.69) is 39.5 Å². The highest BCUT2D eigenvalue weighted by Gasteiger charge is 2.32. The van der Waals surface area contributed by atoms with Crippen molar-refractivity contribution in [2.75, 3.05) is 18.4 Å². The molecule has 3 aromatic rings. The van der Waals surface area contributed by atoms with E-state index in [1.54, 1.807) is 28.6 Å². The van der Waals surface area contributed by atoms with E-state index in [0.29, 0.717) is 17.2 Å². The molecule has 36 heavy (non-hydrogen) atoms. The van der Waals surface area contributed by atoms with Gasteiger partial charge in [-0.3, -0.25) is 15.0 Å². The molecule has 0 unspecified atom stereocenters. The number of benzene rings is 2. The van der Waals surface area contributed by atoms with E-state index < -0.39 is 10.0 Å². The van der Waals surface area contributed by atoms with Crippen LogP contribution in [0.15, 0.2) is 59.5 Å². The molecule has 0 saturated carbocycles. The largest absolute Gasteiger partial charge is 0.298 e. The number of nitrogens with zero attached hydrogens (tertiary/aromatic N) is 3. The molecule has 1 N–H and O–H groups in total. The van der Waals surface area contributed by atoms with Crippen molar-refractivity contribution in [2.24, 2.45) is 0 Å². The van der Waals surface area contributed by atoms with E-state index in [9.17, 15) is 13.2 Å². The smallest absolute Gasteiger partial charge is 0.257 e. The fourth-order valence-corrected chi connectivity index (χ4v) is 7.87. The van der Waals surface area contributed by atoms with Crippen molar-refractivity contribution in [3.63, 3.8) is 0 Å². The molecule has 2 aromatic carbocycles. The van der Waals surface area contributed by atoms with E-state index >= 15 is 0 Å². The summed E-state index contributed by atoms with van der Waals surface area (Å²) in [4.78, 5) is 21.3. The maximum absolute atomic E-state index is 13.2. The average molecular weight is 525 g/mol.